The first-order valence-electron chi connectivity index (χ1n) is 7.25. The molecule has 112 valence electrons. The Morgan fingerprint density at radius 2 is 2.00 bits per heavy atom. The molecule has 1 aromatic carbocycles. The summed E-state index contributed by atoms with van der Waals surface area (Å²) in [5.41, 5.74) is 9.17. The number of halogens is 1. The second-order valence-corrected chi connectivity index (χ2v) is 5.29. The van der Waals surface area contributed by atoms with Crippen LogP contribution in [0.1, 0.15) is 41.6 Å². The van der Waals surface area contributed by atoms with E-state index in [9.17, 15) is 4.39 Å². The van der Waals surface area contributed by atoms with Crippen molar-refractivity contribution < 1.29 is 4.39 Å². The number of aryl methyl sites for hydroxylation is 2. The first-order valence-corrected chi connectivity index (χ1v) is 7.25. The van der Waals surface area contributed by atoms with Crippen LogP contribution in [0.25, 0.3) is 0 Å². The molecular weight excluding hydrogens is 265 g/mol. The third-order valence-electron chi connectivity index (χ3n) is 3.66. The molecule has 0 fully saturated rings. The fourth-order valence-corrected chi connectivity index (χ4v) is 2.52. The third-order valence-corrected chi connectivity index (χ3v) is 3.66. The minimum atomic E-state index is -0.279. The molecule has 4 heteroatoms. The molecule has 21 heavy (non-hydrogen) atoms. The van der Waals surface area contributed by atoms with Crippen molar-refractivity contribution in [1.29, 1.82) is 0 Å². The van der Waals surface area contributed by atoms with Crippen molar-refractivity contribution in [3.63, 3.8) is 0 Å². The number of nitrogens with zero attached hydrogens (tertiary/aromatic N) is 1. The molecule has 0 saturated heterocycles. The Hall–Kier alpha value is -1.94. The topological polar surface area (TPSA) is 50.9 Å². The van der Waals surface area contributed by atoms with Gasteiger partial charge in [0.2, 0.25) is 0 Å². The zero-order valence-corrected chi connectivity index (χ0v) is 12.8. The Balaban J connectivity index is 2.55. The van der Waals surface area contributed by atoms with Crippen LogP contribution >= 0.6 is 0 Å². The van der Waals surface area contributed by atoms with Crippen molar-refractivity contribution in [2.75, 3.05) is 12.3 Å². The van der Waals surface area contributed by atoms with Crippen molar-refractivity contribution in [2.45, 2.75) is 33.2 Å². The van der Waals surface area contributed by atoms with Gasteiger partial charge in [-0.25, -0.2) is 9.37 Å². The lowest BCUT2D eigenvalue weighted by Gasteiger charge is -2.23. The summed E-state index contributed by atoms with van der Waals surface area (Å²) in [5, 5.41) is 3.39. The van der Waals surface area contributed by atoms with Crippen LogP contribution in [0.4, 0.5) is 10.2 Å². The molecule has 0 aliphatic heterocycles. The smallest absolute Gasteiger partial charge is 0.131 e. The first-order chi connectivity index (χ1) is 10.1. The van der Waals surface area contributed by atoms with Gasteiger partial charge in [0.1, 0.15) is 11.6 Å². The molecule has 0 bridgehead atoms. The zero-order valence-electron chi connectivity index (χ0n) is 12.8. The van der Waals surface area contributed by atoms with E-state index in [1.54, 1.807) is 19.2 Å². The second kappa shape index (κ2) is 6.68. The summed E-state index contributed by atoms with van der Waals surface area (Å²) in [4.78, 5) is 4.16. The lowest BCUT2D eigenvalue weighted by Crippen LogP contribution is -2.26. The average molecular weight is 287 g/mol. The molecule has 0 spiro atoms. The maximum atomic E-state index is 14.5. The number of pyridine rings is 1. The molecule has 2 aromatic rings. The number of rotatable bonds is 5. The van der Waals surface area contributed by atoms with E-state index in [-0.39, 0.29) is 11.9 Å². The normalized spacial score (nSPS) is 12.4. The van der Waals surface area contributed by atoms with Crippen molar-refractivity contribution in [3.8, 4) is 0 Å². The maximum Gasteiger partial charge on any atom is 0.131 e. The Morgan fingerprint density at radius 1 is 1.24 bits per heavy atom. The van der Waals surface area contributed by atoms with Gasteiger partial charge in [0.15, 0.2) is 0 Å². The van der Waals surface area contributed by atoms with Crippen LogP contribution in [-0.4, -0.2) is 11.5 Å². The van der Waals surface area contributed by atoms with Gasteiger partial charge in [0.05, 0.1) is 6.04 Å². The highest BCUT2D eigenvalue weighted by atomic mass is 19.1. The highest BCUT2D eigenvalue weighted by Gasteiger charge is 2.22. The summed E-state index contributed by atoms with van der Waals surface area (Å²) in [6.45, 7) is 6.61. The van der Waals surface area contributed by atoms with Gasteiger partial charge in [-0.2, -0.15) is 0 Å². The van der Waals surface area contributed by atoms with Gasteiger partial charge in [-0.3, -0.25) is 0 Å². The van der Waals surface area contributed by atoms with E-state index in [0.29, 0.717) is 16.9 Å². The second-order valence-electron chi connectivity index (χ2n) is 5.29. The number of hydrogen-bond acceptors (Lipinski definition) is 3. The highest BCUT2D eigenvalue weighted by Crippen LogP contribution is 2.30. The minimum absolute atomic E-state index is 0.186. The Labute approximate surface area is 125 Å². The molecule has 1 aromatic heterocycles. The van der Waals surface area contributed by atoms with E-state index < -0.39 is 0 Å². The van der Waals surface area contributed by atoms with Gasteiger partial charge >= 0.3 is 0 Å². The Bertz CT molecular complexity index is 605. The van der Waals surface area contributed by atoms with E-state index in [0.717, 1.165) is 24.1 Å². The average Bonchev–Trinajstić information content (AvgIpc) is 2.45. The van der Waals surface area contributed by atoms with Gasteiger partial charge in [0, 0.05) is 17.3 Å². The number of anilines is 1. The van der Waals surface area contributed by atoms with Crippen LogP contribution < -0.4 is 11.1 Å². The molecular formula is C17H22FN3. The van der Waals surface area contributed by atoms with Crippen molar-refractivity contribution in [3.05, 3.63) is 58.5 Å². The molecule has 1 unspecified atom stereocenters. The number of nitrogens with one attached hydrogen (secondary N) is 1. The maximum absolute atomic E-state index is 14.5. The van der Waals surface area contributed by atoms with Crippen LogP contribution in [0, 0.1) is 19.7 Å². The van der Waals surface area contributed by atoms with Crippen molar-refractivity contribution >= 4 is 5.82 Å². The summed E-state index contributed by atoms with van der Waals surface area (Å²) < 4.78 is 14.5. The number of benzene rings is 1. The van der Waals surface area contributed by atoms with Gasteiger partial charge in [-0.15, -0.1) is 0 Å². The van der Waals surface area contributed by atoms with Gasteiger partial charge < -0.3 is 11.1 Å². The van der Waals surface area contributed by atoms with Crippen molar-refractivity contribution in [2.24, 2.45) is 0 Å². The van der Waals surface area contributed by atoms with Crippen LogP contribution in [0.2, 0.25) is 0 Å². The molecule has 3 N–H and O–H groups in total. The lowest BCUT2D eigenvalue weighted by atomic mass is 9.94. The standard InChI is InChI=1S/C17H22FN3/c1-4-9-20-16(13-7-5-6-12(3)15(13)18)14-11(2)8-10-21-17(14)19/h5-8,10,16,20H,4,9H2,1-3H3,(H2,19,21). The van der Waals surface area contributed by atoms with Gasteiger partial charge in [-0.05, 0) is 44.0 Å². The molecule has 0 radical (unpaired) electrons. The number of nitrogen functional groups attached to an aromatic ring is 1. The fraction of sp³-hybridized carbons (Fsp3) is 0.353. The number of nitrogens with two attached hydrogens (primary N) is 1. The zero-order chi connectivity index (χ0) is 15.4. The van der Waals surface area contributed by atoms with Crippen LogP contribution in [-0.2, 0) is 0 Å². The van der Waals surface area contributed by atoms with E-state index in [1.165, 1.54) is 0 Å². The molecule has 0 amide bonds. The Morgan fingerprint density at radius 3 is 2.67 bits per heavy atom. The van der Waals surface area contributed by atoms with E-state index in [1.807, 2.05) is 25.1 Å². The van der Waals surface area contributed by atoms with Gasteiger partial charge in [-0.1, -0.05) is 25.1 Å². The summed E-state index contributed by atoms with van der Waals surface area (Å²) in [6.07, 6.45) is 2.64. The summed E-state index contributed by atoms with van der Waals surface area (Å²) in [6, 6.07) is 7.08. The SMILES string of the molecule is CCCNC(c1cccc(C)c1F)c1c(C)ccnc1N. The predicted octanol–water partition coefficient (Wildman–Crippen LogP) is 3.51. The Kier molecular flexibility index (Phi) is 4.91. The molecule has 0 saturated carbocycles. The first kappa shape index (κ1) is 15.4. The summed E-state index contributed by atoms with van der Waals surface area (Å²) in [7, 11) is 0. The summed E-state index contributed by atoms with van der Waals surface area (Å²) >= 11 is 0. The molecule has 0 aliphatic rings. The van der Waals surface area contributed by atoms with Gasteiger partial charge in [0.25, 0.3) is 0 Å². The van der Waals surface area contributed by atoms with Crippen LogP contribution in [0.15, 0.2) is 30.5 Å². The quantitative estimate of drug-likeness (QED) is 0.884. The molecule has 1 atom stereocenters. The predicted molar refractivity (Wildman–Crippen MR) is 84.7 cm³/mol. The number of hydrogen-bond donors (Lipinski definition) is 2. The number of aromatic nitrogens is 1. The highest BCUT2D eigenvalue weighted by molar-refractivity contribution is 5.50. The monoisotopic (exact) mass is 287 g/mol. The fourth-order valence-electron chi connectivity index (χ4n) is 2.52. The van der Waals surface area contributed by atoms with Crippen LogP contribution in [0.3, 0.4) is 0 Å². The van der Waals surface area contributed by atoms with Crippen molar-refractivity contribution in [1.82, 2.24) is 10.3 Å². The lowest BCUT2D eigenvalue weighted by molar-refractivity contribution is 0.541. The van der Waals surface area contributed by atoms with E-state index in [4.69, 9.17) is 5.73 Å². The van der Waals surface area contributed by atoms with Crippen LogP contribution in [0.5, 0.6) is 0 Å². The molecule has 3 nitrogen and oxygen atoms in total. The van der Waals surface area contributed by atoms with E-state index >= 15 is 0 Å². The van der Waals surface area contributed by atoms with E-state index in [2.05, 4.69) is 17.2 Å². The summed E-state index contributed by atoms with van der Waals surface area (Å²) in [5.74, 6) is 0.262. The molecule has 1 heterocycles. The largest absolute Gasteiger partial charge is 0.383 e. The third kappa shape index (κ3) is 3.22. The molecule has 0 aliphatic carbocycles. The minimum Gasteiger partial charge on any atom is -0.383 e. The molecule has 2 rings (SSSR count).